The largest absolute Gasteiger partial charge is 0.440 e. The average Bonchev–Trinajstić information content (AvgIpc) is 2.68. The van der Waals surface area contributed by atoms with Crippen molar-refractivity contribution >= 4 is 27.0 Å². The molecule has 2 N–H and O–H groups in total. The van der Waals surface area contributed by atoms with Crippen molar-refractivity contribution in [2.75, 3.05) is 6.54 Å². The molecule has 1 atom stereocenters. The van der Waals surface area contributed by atoms with Crippen LogP contribution in [0.25, 0.3) is 11.1 Å². The predicted octanol–water partition coefficient (Wildman–Crippen LogP) is 3.68. The van der Waals surface area contributed by atoms with Crippen molar-refractivity contribution < 1.29 is 4.42 Å². The maximum absolute atomic E-state index is 5.80. The minimum Gasteiger partial charge on any atom is -0.440 e. The molecule has 92 valence electrons. The standard InChI is InChI=1S/C13H17BrN2O/c1-8(2)5-9(7-15)13-16-11-6-10(14)3-4-12(11)17-13/h3-4,6,8-9H,5,7,15H2,1-2H3. The van der Waals surface area contributed by atoms with Crippen LogP contribution in [-0.2, 0) is 0 Å². The van der Waals surface area contributed by atoms with Crippen LogP contribution in [0.3, 0.4) is 0 Å². The Morgan fingerprint density at radius 3 is 2.82 bits per heavy atom. The van der Waals surface area contributed by atoms with Gasteiger partial charge in [0.25, 0.3) is 0 Å². The van der Waals surface area contributed by atoms with E-state index in [1.807, 2.05) is 18.2 Å². The Bertz CT molecular complexity index is 507. The third kappa shape index (κ3) is 2.87. The number of nitrogens with zero attached hydrogens (tertiary/aromatic N) is 1. The van der Waals surface area contributed by atoms with Gasteiger partial charge in [0.15, 0.2) is 11.5 Å². The quantitative estimate of drug-likeness (QED) is 0.936. The second-order valence-electron chi connectivity index (χ2n) is 4.73. The van der Waals surface area contributed by atoms with Crippen LogP contribution >= 0.6 is 15.9 Å². The van der Waals surface area contributed by atoms with Gasteiger partial charge in [-0.05, 0) is 30.5 Å². The van der Waals surface area contributed by atoms with Crippen LogP contribution < -0.4 is 5.73 Å². The van der Waals surface area contributed by atoms with E-state index in [1.165, 1.54) is 0 Å². The topological polar surface area (TPSA) is 52.0 Å². The number of halogens is 1. The lowest BCUT2D eigenvalue weighted by atomic mass is 9.97. The SMILES string of the molecule is CC(C)CC(CN)c1nc2cc(Br)ccc2o1. The zero-order valence-electron chi connectivity index (χ0n) is 10.1. The molecule has 1 heterocycles. The summed E-state index contributed by atoms with van der Waals surface area (Å²) < 4.78 is 6.78. The number of rotatable bonds is 4. The maximum Gasteiger partial charge on any atom is 0.199 e. The van der Waals surface area contributed by atoms with E-state index in [4.69, 9.17) is 10.2 Å². The number of hydrogen-bond donors (Lipinski definition) is 1. The number of aromatic nitrogens is 1. The molecule has 0 saturated carbocycles. The van der Waals surface area contributed by atoms with E-state index in [2.05, 4.69) is 34.8 Å². The van der Waals surface area contributed by atoms with Crippen LogP contribution in [0.4, 0.5) is 0 Å². The molecule has 4 heteroatoms. The Hall–Kier alpha value is -0.870. The highest BCUT2D eigenvalue weighted by Gasteiger charge is 2.18. The zero-order chi connectivity index (χ0) is 12.4. The summed E-state index contributed by atoms with van der Waals surface area (Å²) in [5.74, 6) is 1.56. The molecule has 17 heavy (non-hydrogen) atoms. The second kappa shape index (κ2) is 5.19. The summed E-state index contributed by atoms with van der Waals surface area (Å²) in [7, 11) is 0. The number of nitrogens with two attached hydrogens (primary N) is 1. The smallest absolute Gasteiger partial charge is 0.199 e. The average molecular weight is 297 g/mol. The summed E-state index contributed by atoms with van der Waals surface area (Å²) in [5, 5.41) is 0. The molecule has 0 spiro atoms. The molecule has 2 aromatic rings. The first kappa shape index (κ1) is 12.6. The van der Waals surface area contributed by atoms with Crippen molar-refractivity contribution in [2.45, 2.75) is 26.2 Å². The predicted molar refractivity (Wildman–Crippen MR) is 73.0 cm³/mol. The lowest BCUT2D eigenvalue weighted by Gasteiger charge is -2.12. The number of hydrogen-bond acceptors (Lipinski definition) is 3. The molecular formula is C13H17BrN2O. The molecule has 0 aliphatic carbocycles. The van der Waals surface area contributed by atoms with E-state index in [0.717, 1.165) is 27.9 Å². The molecule has 2 rings (SSSR count). The molecule has 0 aliphatic rings. The molecule has 3 nitrogen and oxygen atoms in total. The number of benzene rings is 1. The summed E-state index contributed by atoms with van der Waals surface area (Å²) in [6, 6.07) is 5.85. The Morgan fingerprint density at radius 2 is 2.18 bits per heavy atom. The monoisotopic (exact) mass is 296 g/mol. The molecule has 0 fully saturated rings. The maximum atomic E-state index is 5.80. The Labute approximate surface area is 110 Å². The van der Waals surface area contributed by atoms with Gasteiger partial charge in [0.1, 0.15) is 5.52 Å². The van der Waals surface area contributed by atoms with Gasteiger partial charge < -0.3 is 10.2 Å². The lowest BCUT2D eigenvalue weighted by molar-refractivity contribution is 0.414. The molecule has 0 bridgehead atoms. The van der Waals surface area contributed by atoms with Gasteiger partial charge in [-0.3, -0.25) is 0 Å². The Balaban J connectivity index is 2.34. The minimum atomic E-state index is 0.209. The van der Waals surface area contributed by atoms with Gasteiger partial charge in [-0.25, -0.2) is 4.98 Å². The lowest BCUT2D eigenvalue weighted by Crippen LogP contribution is -2.14. The summed E-state index contributed by atoms with van der Waals surface area (Å²) in [4.78, 5) is 4.52. The van der Waals surface area contributed by atoms with E-state index < -0.39 is 0 Å². The van der Waals surface area contributed by atoms with Crippen molar-refractivity contribution in [3.8, 4) is 0 Å². The van der Waals surface area contributed by atoms with E-state index >= 15 is 0 Å². The highest BCUT2D eigenvalue weighted by atomic mass is 79.9. The van der Waals surface area contributed by atoms with E-state index in [0.29, 0.717) is 12.5 Å². The molecule has 0 amide bonds. The van der Waals surface area contributed by atoms with Crippen LogP contribution in [0.2, 0.25) is 0 Å². The van der Waals surface area contributed by atoms with Crippen molar-refractivity contribution in [3.63, 3.8) is 0 Å². The van der Waals surface area contributed by atoms with Crippen LogP contribution in [0.1, 0.15) is 32.1 Å². The first-order valence-corrected chi connectivity index (χ1v) is 6.65. The fourth-order valence-electron chi connectivity index (χ4n) is 1.96. The molecule has 0 radical (unpaired) electrons. The first-order chi connectivity index (χ1) is 8.10. The number of fused-ring (bicyclic) bond motifs is 1. The first-order valence-electron chi connectivity index (χ1n) is 5.86. The van der Waals surface area contributed by atoms with E-state index in [1.54, 1.807) is 0 Å². The third-order valence-corrected chi connectivity index (χ3v) is 3.25. The molecule has 0 saturated heterocycles. The van der Waals surface area contributed by atoms with Gasteiger partial charge in [-0.15, -0.1) is 0 Å². The van der Waals surface area contributed by atoms with Crippen molar-refractivity contribution in [3.05, 3.63) is 28.6 Å². The number of oxazole rings is 1. The molecule has 1 aromatic carbocycles. The van der Waals surface area contributed by atoms with Gasteiger partial charge in [0, 0.05) is 16.9 Å². The molecular weight excluding hydrogens is 280 g/mol. The minimum absolute atomic E-state index is 0.209. The fourth-order valence-corrected chi connectivity index (χ4v) is 2.31. The van der Waals surface area contributed by atoms with Gasteiger partial charge in [-0.2, -0.15) is 0 Å². The van der Waals surface area contributed by atoms with Crippen molar-refractivity contribution in [1.82, 2.24) is 4.98 Å². The van der Waals surface area contributed by atoms with Gasteiger partial charge in [-0.1, -0.05) is 29.8 Å². The van der Waals surface area contributed by atoms with Crippen LogP contribution in [-0.4, -0.2) is 11.5 Å². The van der Waals surface area contributed by atoms with Crippen LogP contribution in [0.15, 0.2) is 27.1 Å². The summed E-state index contributed by atoms with van der Waals surface area (Å²) >= 11 is 3.43. The van der Waals surface area contributed by atoms with Crippen LogP contribution in [0.5, 0.6) is 0 Å². The van der Waals surface area contributed by atoms with E-state index in [-0.39, 0.29) is 5.92 Å². The third-order valence-electron chi connectivity index (χ3n) is 2.76. The molecule has 0 aliphatic heterocycles. The zero-order valence-corrected chi connectivity index (χ0v) is 11.7. The highest BCUT2D eigenvalue weighted by Crippen LogP contribution is 2.27. The summed E-state index contributed by atoms with van der Waals surface area (Å²) in [5.41, 5.74) is 7.51. The summed E-state index contributed by atoms with van der Waals surface area (Å²) in [6.07, 6.45) is 1.00. The van der Waals surface area contributed by atoms with E-state index in [9.17, 15) is 0 Å². The van der Waals surface area contributed by atoms with Crippen molar-refractivity contribution in [2.24, 2.45) is 11.7 Å². The Morgan fingerprint density at radius 1 is 1.41 bits per heavy atom. The van der Waals surface area contributed by atoms with Gasteiger partial charge >= 0.3 is 0 Å². The Kier molecular flexibility index (Phi) is 3.84. The molecule has 1 aromatic heterocycles. The second-order valence-corrected chi connectivity index (χ2v) is 5.64. The van der Waals surface area contributed by atoms with Crippen LogP contribution in [0, 0.1) is 5.92 Å². The van der Waals surface area contributed by atoms with Gasteiger partial charge in [0.2, 0.25) is 0 Å². The molecule has 1 unspecified atom stereocenters. The normalized spacial score (nSPS) is 13.5. The van der Waals surface area contributed by atoms with Gasteiger partial charge in [0.05, 0.1) is 0 Å². The van der Waals surface area contributed by atoms with Crippen molar-refractivity contribution in [1.29, 1.82) is 0 Å². The highest BCUT2D eigenvalue weighted by molar-refractivity contribution is 9.10. The summed E-state index contributed by atoms with van der Waals surface area (Å²) in [6.45, 7) is 4.94. The fraction of sp³-hybridized carbons (Fsp3) is 0.462.